The summed E-state index contributed by atoms with van der Waals surface area (Å²) in [6, 6.07) is 9.77. The van der Waals surface area contributed by atoms with Crippen LogP contribution in [0, 0.1) is 0 Å². The summed E-state index contributed by atoms with van der Waals surface area (Å²) in [4.78, 5) is 6.63. The van der Waals surface area contributed by atoms with Gasteiger partial charge in [0.2, 0.25) is 15.2 Å². The molecule has 2 aromatic rings. The SMILES string of the molecule is CS(=O)(=O)NC1CCN(c2nc(-c3ccccc3)ns2)C1. The minimum absolute atomic E-state index is 0.0518. The lowest BCUT2D eigenvalue weighted by atomic mass is 10.2. The van der Waals surface area contributed by atoms with Gasteiger partial charge >= 0.3 is 0 Å². The highest BCUT2D eigenvalue weighted by atomic mass is 32.2. The molecule has 6 nitrogen and oxygen atoms in total. The number of hydrogen-bond donors (Lipinski definition) is 1. The molecule has 1 aliphatic heterocycles. The van der Waals surface area contributed by atoms with Crippen molar-refractivity contribution in [1.29, 1.82) is 0 Å². The summed E-state index contributed by atoms with van der Waals surface area (Å²) < 4.78 is 29.6. The van der Waals surface area contributed by atoms with E-state index in [4.69, 9.17) is 0 Å². The van der Waals surface area contributed by atoms with Gasteiger partial charge in [-0.05, 0) is 6.42 Å². The minimum atomic E-state index is -3.16. The monoisotopic (exact) mass is 324 g/mol. The number of nitrogens with one attached hydrogen (secondary N) is 1. The average molecular weight is 324 g/mol. The Bertz CT molecular complexity index is 715. The largest absolute Gasteiger partial charge is 0.345 e. The number of sulfonamides is 1. The molecule has 0 amide bonds. The Labute approximate surface area is 128 Å². The Morgan fingerprint density at radius 3 is 2.81 bits per heavy atom. The molecular formula is C13H16N4O2S2. The van der Waals surface area contributed by atoms with Crippen LogP contribution in [0.25, 0.3) is 11.4 Å². The molecule has 1 fully saturated rings. The molecule has 2 heterocycles. The van der Waals surface area contributed by atoms with E-state index in [0.29, 0.717) is 6.54 Å². The van der Waals surface area contributed by atoms with Gasteiger partial charge in [0.05, 0.1) is 6.26 Å². The molecule has 0 radical (unpaired) electrons. The number of nitrogens with zero attached hydrogens (tertiary/aromatic N) is 3. The third-order valence-electron chi connectivity index (χ3n) is 3.29. The fourth-order valence-electron chi connectivity index (χ4n) is 2.38. The first-order chi connectivity index (χ1) is 10.0. The maximum absolute atomic E-state index is 11.3. The van der Waals surface area contributed by atoms with Crippen molar-refractivity contribution in [3.8, 4) is 11.4 Å². The summed E-state index contributed by atoms with van der Waals surface area (Å²) in [5.41, 5.74) is 0.991. The van der Waals surface area contributed by atoms with Crippen LogP contribution < -0.4 is 9.62 Å². The van der Waals surface area contributed by atoms with Crippen LogP contribution in [0.15, 0.2) is 30.3 Å². The van der Waals surface area contributed by atoms with E-state index in [1.54, 1.807) is 0 Å². The van der Waals surface area contributed by atoms with Crippen LogP contribution in [0.1, 0.15) is 6.42 Å². The highest BCUT2D eigenvalue weighted by Gasteiger charge is 2.27. The highest BCUT2D eigenvalue weighted by molar-refractivity contribution is 7.88. The third-order valence-corrected chi connectivity index (χ3v) is 4.83. The van der Waals surface area contributed by atoms with Gasteiger partial charge in [-0.3, -0.25) is 0 Å². The van der Waals surface area contributed by atoms with Gasteiger partial charge in [-0.2, -0.15) is 9.36 Å². The van der Waals surface area contributed by atoms with Gasteiger partial charge in [-0.25, -0.2) is 13.1 Å². The van der Waals surface area contributed by atoms with Crippen LogP contribution in [-0.4, -0.2) is 43.2 Å². The lowest BCUT2D eigenvalue weighted by molar-refractivity contribution is 0.567. The normalized spacial score (nSPS) is 19.1. The van der Waals surface area contributed by atoms with E-state index < -0.39 is 10.0 Å². The van der Waals surface area contributed by atoms with Crippen molar-refractivity contribution in [2.24, 2.45) is 0 Å². The van der Waals surface area contributed by atoms with E-state index in [1.807, 2.05) is 30.3 Å². The molecule has 0 aliphatic carbocycles. The van der Waals surface area contributed by atoms with Gasteiger partial charge in [0.15, 0.2) is 5.82 Å². The zero-order valence-electron chi connectivity index (χ0n) is 11.6. The fraction of sp³-hybridized carbons (Fsp3) is 0.385. The molecule has 1 aromatic carbocycles. The molecule has 0 bridgehead atoms. The lowest BCUT2D eigenvalue weighted by Crippen LogP contribution is -2.36. The van der Waals surface area contributed by atoms with E-state index in [2.05, 4.69) is 19.0 Å². The summed E-state index contributed by atoms with van der Waals surface area (Å²) in [6.45, 7) is 1.42. The molecule has 0 spiro atoms. The molecular weight excluding hydrogens is 308 g/mol. The molecule has 1 unspecified atom stereocenters. The second-order valence-corrected chi connectivity index (χ2v) is 7.60. The Morgan fingerprint density at radius 1 is 1.33 bits per heavy atom. The van der Waals surface area contributed by atoms with Crippen molar-refractivity contribution in [3.63, 3.8) is 0 Å². The molecule has 1 aliphatic rings. The Hall–Kier alpha value is -1.51. The molecule has 1 N–H and O–H groups in total. The summed E-state index contributed by atoms with van der Waals surface area (Å²) in [6.07, 6.45) is 1.97. The van der Waals surface area contributed by atoms with Gasteiger partial charge < -0.3 is 4.90 Å². The topological polar surface area (TPSA) is 75.2 Å². The third kappa shape index (κ3) is 3.58. The number of hydrogen-bond acceptors (Lipinski definition) is 6. The van der Waals surface area contributed by atoms with Crippen molar-refractivity contribution in [2.45, 2.75) is 12.5 Å². The first-order valence-electron chi connectivity index (χ1n) is 6.63. The van der Waals surface area contributed by atoms with Crippen molar-refractivity contribution in [1.82, 2.24) is 14.1 Å². The molecule has 1 aromatic heterocycles. The number of anilines is 1. The maximum Gasteiger partial charge on any atom is 0.209 e. The Balaban J connectivity index is 1.71. The highest BCUT2D eigenvalue weighted by Crippen LogP contribution is 2.26. The van der Waals surface area contributed by atoms with Gasteiger partial charge in [-0.15, -0.1) is 0 Å². The van der Waals surface area contributed by atoms with Gasteiger partial charge in [0.1, 0.15) is 0 Å². The second kappa shape index (κ2) is 5.70. The van der Waals surface area contributed by atoms with E-state index in [-0.39, 0.29) is 6.04 Å². The fourth-order valence-corrected chi connectivity index (χ4v) is 3.90. The number of rotatable bonds is 4. The van der Waals surface area contributed by atoms with Crippen molar-refractivity contribution >= 4 is 26.7 Å². The second-order valence-electron chi connectivity index (χ2n) is 5.09. The molecule has 8 heteroatoms. The van der Waals surface area contributed by atoms with Crippen LogP contribution in [-0.2, 0) is 10.0 Å². The standard InChI is InChI=1S/C13H16N4O2S2/c1-21(18,19)16-11-7-8-17(9-11)13-14-12(15-20-13)10-5-3-2-4-6-10/h2-6,11,16H,7-9H2,1H3. The van der Waals surface area contributed by atoms with Gasteiger partial charge in [-0.1, -0.05) is 30.3 Å². The predicted octanol–water partition coefficient (Wildman–Crippen LogP) is 1.33. The van der Waals surface area contributed by atoms with E-state index in [0.717, 1.165) is 29.5 Å². The Kier molecular flexibility index (Phi) is 3.92. The quantitative estimate of drug-likeness (QED) is 0.918. The molecule has 21 heavy (non-hydrogen) atoms. The molecule has 3 rings (SSSR count). The molecule has 1 saturated heterocycles. The summed E-state index contributed by atoms with van der Waals surface area (Å²) in [7, 11) is -3.16. The van der Waals surface area contributed by atoms with Crippen molar-refractivity contribution in [2.75, 3.05) is 24.2 Å². The van der Waals surface area contributed by atoms with Crippen LogP contribution >= 0.6 is 11.5 Å². The smallest absolute Gasteiger partial charge is 0.209 e. The zero-order valence-corrected chi connectivity index (χ0v) is 13.2. The van der Waals surface area contributed by atoms with E-state index in [1.165, 1.54) is 17.8 Å². The first kappa shape index (κ1) is 14.4. The molecule has 112 valence electrons. The van der Waals surface area contributed by atoms with Crippen LogP contribution in [0.2, 0.25) is 0 Å². The van der Waals surface area contributed by atoms with Gasteiger partial charge in [0, 0.05) is 36.2 Å². The van der Waals surface area contributed by atoms with Crippen LogP contribution in [0.4, 0.5) is 5.13 Å². The number of benzene rings is 1. The summed E-state index contributed by atoms with van der Waals surface area (Å²) >= 11 is 1.35. The lowest BCUT2D eigenvalue weighted by Gasteiger charge is -2.14. The first-order valence-corrected chi connectivity index (χ1v) is 9.29. The minimum Gasteiger partial charge on any atom is -0.345 e. The number of aromatic nitrogens is 2. The maximum atomic E-state index is 11.3. The summed E-state index contributed by atoms with van der Waals surface area (Å²) in [5, 5.41) is 0.839. The molecule has 1 atom stereocenters. The molecule has 0 saturated carbocycles. The van der Waals surface area contributed by atoms with Crippen LogP contribution in [0.5, 0.6) is 0 Å². The predicted molar refractivity (Wildman–Crippen MR) is 83.9 cm³/mol. The van der Waals surface area contributed by atoms with Gasteiger partial charge in [0.25, 0.3) is 0 Å². The summed E-state index contributed by atoms with van der Waals surface area (Å²) in [5.74, 6) is 0.718. The average Bonchev–Trinajstić information content (AvgIpc) is 3.06. The van der Waals surface area contributed by atoms with Crippen molar-refractivity contribution in [3.05, 3.63) is 30.3 Å². The zero-order chi connectivity index (χ0) is 14.9. The van der Waals surface area contributed by atoms with Crippen molar-refractivity contribution < 1.29 is 8.42 Å². The van der Waals surface area contributed by atoms with Crippen LogP contribution in [0.3, 0.4) is 0 Å². The van der Waals surface area contributed by atoms with E-state index in [9.17, 15) is 8.42 Å². The Morgan fingerprint density at radius 2 is 2.10 bits per heavy atom. The van der Waals surface area contributed by atoms with E-state index >= 15 is 0 Å².